The van der Waals surface area contributed by atoms with Crippen LogP contribution in [-0.2, 0) is 13.0 Å². The molecule has 0 radical (unpaired) electrons. The van der Waals surface area contributed by atoms with Crippen molar-refractivity contribution in [2.45, 2.75) is 26.8 Å². The summed E-state index contributed by atoms with van der Waals surface area (Å²) in [5, 5.41) is 10.9. The topological polar surface area (TPSA) is 65.1 Å². The third kappa shape index (κ3) is 2.91. The third-order valence-electron chi connectivity index (χ3n) is 4.34. The molecule has 0 saturated carbocycles. The van der Waals surface area contributed by atoms with Gasteiger partial charge in [-0.1, -0.05) is 6.92 Å². The predicted octanol–water partition coefficient (Wildman–Crippen LogP) is 4.30. The SMILES string of the molecule is CCc1cc(=O)c2c(F)cc(-c3ccc([N+](=O)[O-])cc3)cc2n1CC. The van der Waals surface area contributed by atoms with Crippen molar-refractivity contribution in [3.05, 3.63) is 74.3 Å². The summed E-state index contributed by atoms with van der Waals surface area (Å²) in [6, 6.07) is 10.5. The van der Waals surface area contributed by atoms with E-state index in [4.69, 9.17) is 0 Å². The maximum atomic E-state index is 14.6. The summed E-state index contributed by atoms with van der Waals surface area (Å²) in [5.74, 6) is -0.583. The Balaban J connectivity index is 2.27. The minimum absolute atomic E-state index is 0.0243. The molecule has 0 aliphatic carbocycles. The van der Waals surface area contributed by atoms with Crippen LogP contribution in [-0.4, -0.2) is 9.49 Å². The molecule has 0 spiro atoms. The summed E-state index contributed by atoms with van der Waals surface area (Å²) >= 11 is 0. The summed E-state index contributed by atoms with van der Waals surface area (Å²) in [4.78, 5) is 22.6. The van der Waals surface area contributed by atoms with Crippen molar-refractivity contribution in [3.63, 3.8) is 0 Å². The lowest BCUT2D eigenvalue weighted by molar-refractivity contribution is -0.384. The average Bonchev–Trinajstić information content (AvgIpc) is 2.60. The van der Waals surface area contributed by atoms with Crippen LogP contribution in [0.2, 0.25) is 0 Å². The number of fused-ring (bicyclic) bond motifs is 1. The normalized spacial score (nSPS) is 11.0. The largest absolute Gasteiger partial charge is 0.345 e. The molecule has 0 fully saturated rings. The Morgan fingerprint density at radius 3 is 2.32 bits per heavy atom. The molecule has 1 aromatic heterocycles. The van der Waals surface area contributed by atoms with Gasteiger partial charge in [0.25, 0.3) is 5.69 Å². The van der Waals surface area contributed by atoms with Crippen molar-refractivity contribution in [2.24, 2.45) is 0 Å². The highest BCUT2D eigenvalue weighted by Gasteiger charge is 2.14. The number of hydrogen-bond acceptors (Lipinski definition) is 3. The number of nitro groups is 1. The Morgan fingerprint density at radius 1 is 1.08 bits per heavy atom. The number of nitrogens with zero attached hydrogens (tertiary/aromatic N) is 2. The number of aromatic nitrogens is 1. The molecule has 0 N–H and O–H groups in total. The molecule has 0 aliphatic heterocycles. The first-order chi connectivity index (χ1) is 12.0. The maximum Gasteiger partial charge on any atom is 0.269 e. The molecule has 2 aromatic carbocycles. The van der Waals surface area contributed by atoms with Gasteiger partial charge in [-0.25, -0.2) is 4.39 Å². The molecule has 3 rings (SSSR count). The molecule has 6 heteroatoms. The number of pyridine rings is 1. The van der Waals surface area contributed by atoms with Gasteiger partial charge in [0.15, 0.2) is 5.43 Å². The number of nitro benzene ring substituents is 1. The highest BCUT2D eigenvalue weighted by Crippen LogP contribution is 2.28. The van der Waals surface area contributed by atoms with Gasteiger partial charge in [-0.05, 0) is 48.7 Å². The van der Waals surface area contributed by atoms with E-state index in [0.29, 0.717) is 29.6 Å². The van der Waals surface area contributed by atoms with Gasteiger partial charge >= 0.3 is 0 Å². The lowest BCUT2D eigenvalue weighted by atomic mass is 10.0. The molecule has 128 valence electrons. The van der Waals surface area contributed by atoms with Crippen LogP contribution in [0.25, 0.3) is 22.0 Å². The van der Waals surface area contributed by atoms with Crippen LogP contribution in [0.5, 0.6) is 0 Å². The predicted molar refractivity (Wildman–Crippen MR) is 95.3 cm³/mol. The molecule has 0 unspecified atom stereocenters. The second-order valence-corrected chi connectivity index (χ2v) is 5.75. The van der Waals surface area contributed by atoms with E-state index in [1.807, 2.05) is 18.4 Å². The Morgan fingerprint density at radius 2 is 1.76 bits per heavy atom. The molecular formula is C19H17FN2O3. The lowest BCUT2D eigenvalue weighted by Gasteiger charge is -2.15. The van der Waals surface area contributed by atoms with Crippen molar-refractivity contribution >= 4 is 16.6 Å². The van der Waals surface area contributed by atoms with Crippen LogP contribution in [0.1, 0.15) is 19.5 Å². The number of aryl methyl sites for hydroxylation is 2. The first kappa shape index (κ1) is 16.8. The third-order valence-corrected chi connectivity index (χ3v) is 4.34. The highest BCUT2D eigenvalue weighted by molar-refractivity contribution is 5.85. The number of non-ortho nitro benzene ring substituents is 1. The fourth-order valence-electron chi connectivity index (χ4n) is 3.11. The highest BCUT2D eigenvalue weighted by atomic mass is 19.1. The zero-order valence-corrected chi connectivity index (χ0v) is 14.0. The van der Waals surface area contributed by atoms with E-state index in [9.17, 15) is 19.3 Å². The van der Waals surface area contributed by atoms with Crippen molar-refractivity contribution in [3.8, 4) is 11.1 Å². The van der Waals surface area contributed by atoms with E-state index in [1.165, 1.54) is 24.3 Å². The van der Waals surface area contributed by atoms with Crippen LogP contribution >= 0.6 is 0 Å². The molecular weight excluding hydrogens is 323 g/mol. The van der Waals surface area contributed by atoms with Gasteiger partial charge in [0, 0.05) is 30.4 Å². The van der Waals surface area contributed by atoms with Gasteiger partial charge in [0.1, 0.15) is 5.82 Å². The zero-order valence-electron chi connectivity index (χ0n) is 14.0. The number of hydrogen-bond donors (Lipinski definition) is 0. The Bertz CT molecular complexity index is 1020. The van der Waals surface area contributed by atoms with E-state index < -0.39 is 10.7 Å². The van der Waals surface area contributed by atoms with Gasteiger partial charge < -0.3 is 4.57 Å². The summed E-state index contributed by atoms with van der Waals surface area (Å²) in [7, 11) is 0. The molecule has 25 heavy (non-hydrogen) atoms. The maximum absolute atomic E-state index is 14.6. The van der Waals surface area contributed by atoms with Crippen LogP contribution in [0, 0.1) is 15.9 Å². The average molecular weight is 340 g/mol. The van der Waals surface area contributed by atoms with Crippen LogP contribution < -0.4 is 5.43 Å². The van der Waals surface area contributed by atoms with E-state index in [1.54, 1.807) is 18.2 Å². The van der Waals surface area contributed by atoms with Gasteiger partial charge in [-0.3, -0.25) is 14.9 Å². The van der Waals surface area contributed by atoms with Gasteiger partial charge in [0.05, 0.1) is 15.8 Å². The Labute approximate surface area is 143 Å². The van der Waals surface area contributed by atoms with Crippen LogP contribution in [0.4, 0.5) is 10.1 Å². The molecule has 5 nitrogen and oxygen atoms in total. The summed E-state index contributed by atoms with van der Waals surface area (Å²) in [6.45, 7) is 4.51. The minimum Gasteiger partial charge on any atom is -0.345 e. The van der Waals surface area contributed by atoms with Gasteiger partial charge in [-0.15, -0.1) is 0 Å². The quantitative estimate of drug-likeness (QED) is 0.525. The van der Waals surface area contributed by atoms with Gasteiger partial charge in [-0.2, -0.15) is 0 Å². The Kier molecular flexibility index (Phi) is 4.35. The smallest absolute Gasteiger partial charge is 0.269 e. The number of rotatable bonds is 4. The molecule has 0 aliphatic rings. The number of halogens is 1. The van der Waals surface area contributed by atoms with Crippen molar-refractivity contribution in [2.75, 3.05) is 0 Å². The fraction of sp³-hybridized carbons (Fsp3) is 0.211. The molecule has 3 aromatic rings. The lowest BCUT2D eigenvalue weighted by Crippen LogP contribution is -2.14. The summed E-state index contributed by atoms with van der Waals surface area (Å²) < 4.78 is 16.6. The standard InChI is InChI=1S/C19H17FN2O3/c1-3-14-11-18(23)19-16(20)9-13(10-17(19)21(14)4-2)12-5-7-15(8-6-12)22(24)25/h5-11H,3-4H2,1-2H3. The monoisotopic (exact) mass is 340 g/mol. The molecule has 0 bridgehead atoms. The second-order valence-electron chi connectivity index (χ2n) is 5.75. The summed E-state index contributed by atoms with van der Waals surface area (Å²) in [6.07, 6.45) is 0.669. The van der Waals surface area contributed by atoms with Gasteiger partial charge in [0.2, 0.25) is 0 Å². The van der Waals surface area contributed by atoms with E-state index in [0.717, 1.165) is 5.69 Å². The number of benzene rings is 2. The van der Waals surface area contributed by atoms with Crippen LogP contribution in [0.15, 0.2) is 47.3 Å². The van der Waals surface area contributed by atoms with Crippen molar-refractivity contribution in [1.82, 2.24) is 4.57 Å². The Hall–Kier alpha value is -3.02. The second kappa shape index (κ2) is 6.47. The first-order valence-corrected chi connectivity index (χ1v) is 8.07. The molecule has 0 amide bonds. The van der Waals surface area contributed by atoms with E-state index in [2.05, 4.69) is 0 Å². The molecule has 0 atom stereocenters. The minimum atomic E-state index is -0.583. The first-order valence-electron chi connectivity index (χ1n) is 8.07. The van der Waals surface area contributed by atoms with Crippen molar-refractivity contribution in [1.29, 1.82) is 0 Å². The fourth-order valence-corrected chi connectivity index (χ4v) is 3.11. The molecule has 1 heterocycles. The zero-order chi connectivity index (χ0) is 18.1. The van der Waals surface area contributed by atoms with Crippen LogP contribution in [0.3, 0.4) is 0 Å². The van der Waals surface area contributed by atoms with Crippen molar-refractivity contribution < 1.29 is 9.31 Å². The van der Waals surface area contributed by atoms with E-state index in [-0.39, 0.29) is 16.5 Å². The molecule has 0 saturated heterocycles. The van der Waals surface area contributed by atoms with E-state index >= 15 is 0 Å². The summed E-state index contributed by atoms with van der Waals surface area (Å²) in [5.41, 5.74) is 2.27.